The molecule has 0 aliphatic rings. The third-order valence-electron chi connectivity index (χ3n) is 2.46. The summed E-state index contributed by atoms with van der Waals surface area (Å²) in [4.78, 5) is 13.1. The van der Waals surface area contributed by atoms with Crippen molar-refractivity contribution in [1.82, 2.24) is 10.2 Å². The highest BCUT2D eigenvalue weighted by molar-refractivity contribution is 7.23. The number of nitrogens with one attached hydrogen (secondary N) is 1. The lowest BCUT2D eigenvalue weighted by molar-refractivity contribution is 0.102. The van der Waals surface area contributed by atoms with E-state index in [-0.39, 0.29) is 5.91 Å². The van der Waals surface area contributed by atoms with E-state index in [9.17, 15) is 4.79 Å². The van der Waals surface area contributed by atoms with Crippen LogP contribution in [0.2, 0.25) is 5.02 Å². The third kappa shape index (κ3) is 2.87. The van der Waals surface area contributed by atoms with E-state index >= 15 is 0 Å². The molecule has 0 spiro atoms. The monoisotopic (exact) mass is 321 g/mol. The van der Waals surface area contributed by atoms with E-state index in [0.717, 1.165) is 9.88 Å². The molecule has 1 N–H and O–H groups in total. The molecule has 4 nitrogen and oxygen atoms in total. The van der Waals surface area contributed by atoms with Gasteiger partial charge in [0, 0.05) is 10.6 Å². The van der Waals surface area contributed by atoms with Crippen LogP contribution in [0.15, 0.2) is 41.8 Å². The van der Waals surface area contributed by atoms with Crippen molar-refractivity contribution in [2.75, 3.05) is 5.32 Å². The van der Waals surface area contributed by atoms with Crippen LogP contribution in [0.5, 0.6) is 0 Å². The summed E-state index contributed by atoms with van der Waals surface area (Å²) in [6, 6.07) is 10.7. The second kappa shape index (κ2) is 5.70. The molecule has 1 amide bonds. The molecule has 0 atom stereocenters. The predicted octanol–water partition coefficient (Wildman–Crippen LogP) is 4.17. The molecule has 0 saturated carbocycles. The van der Waals surface area contributed by atoms with Crippen LogP contribution in [-0.4, -0.2) is 16.1 Å². The largest absolute Gasteiger partial charge is 0.296 e. The van der Waals surface area contributed by atoms with Gasteiger partial charge in [-0.15, -0.1) is 21.5 Å². The van der Waals surface area contributed by atoms with E-state index in [1.807, 2.05) is 17.5 Å². The molecule has 0 fully saturated rings. The number of hydrogen-bond acceptors (Lipinski definition) is 5. The molecule has 2 aromatic heterocycles. The molecule has 3 aromatic rings. The molecule has 1 aromatic carbocycles. The SMILES string of the molecule is O=C(Nc1nnc(-c2cccs2)s1)c1cccc(Cl)c1. The van der Waals surface area contributed by atoms with Crippen molar-refractivity contribution in [2.24, 2.45) is 0 Å². The number of nitrogens with zero attached hydrogens (tertiary/aromatic N) is 2. The molecule has 0 unspecified atom stereocenters. The average molecular weight is 322 g/mol. The molecule has 0 aliphatic heterocycles. The van der Waals surface area contributed by atoms with Gasteiger partial charge in [-0.3, -0.25) is 10.1 Å². The first-order chi connectivity index (χ1) is 9.72. The Morgan fingerprint density at radius 2 is 2.10 bits per heavy atom. The van der Waals surface area contributed by atoms with E-state index in [4.69, 9.17) is 11.6 Å². The lowest BCUT2D eigenvalue weighted by Gasteiger charge is -2.00. The summed E-state index contributed by atoms with van der Waals surface area (Å²) in [6.07, 6.45) is 0. The first kappa shape index (κ1) is 13.2. The van der Waals surface area contributed by atoms with Crippen LogP contribution in [0, 0.1) is 0 Å². The molecule has 0 saturated heterocycles. The molecular weight excluding hydrogens is 314 g/mol. The van der Waals surface area contributed by atoms with Gasteiger partial charge in [0.05, 0.1) is 4.88 Å². The fourth-order valence-electron chi connectivity index (χ4n) is 1.57. The average Bonchev–Trinajstić information content (AvgIpc) is 3.08. The summed E-state index contributed by atoms with van der Waals surface area (Å²) in [7, 11) is 0. The number of hydrogen-bond donors (Lipinski definition) is 1. The van der Waals surface area contributed by atoms with Crippen molar-refractivity contribution >= 4 is 45.3 Å². The Labute approximate surface area is 128 Å². The molecular formula is C13H8ClN3OS2. The quantitative estimate of drug-likeness (QED) is 0.787. The van der Waals surface area contributed by atoms with Crippen LogP contribution in [0.4, 0.5) is 5.13 Å². The number of benzene rings is 1. The van der Waals surface area contributed by atoms with E-state index in [2.05, 4.69) is 15.5 Å². The van der Waals surface area contributed by atoms with Crippen molar-refractivity contribution in [1.29, 1.82) is 0 Å². The minimum atomic E-state index is -0.249. The van der Waals surface area contributed by atoms with Gasteiger partial charge in [0.1, 0.15) is 0 Å². The molecule has 0 bridgehead atoms. The second-order valence-electron chi connectivity index (χ2n) is 3.85. The van der Waals surface area contributed by atoms with Gasteiger partial charge in [-0.05, 0) is 29.6 Å². The molecule has 0 radical (unpaired) electrons. The maximum atomic E-state index is 12.0. The lowest BCUT2D eigenvalue weighted by atomic mass is 10.2. The van der Waals surface area contributed by atoms with Crippen LogP contribution in [0.3, 0.4) is 0 Å². The van der Waals surface area contributed by atoms with E-state index in [1.165, 1.54) is 11.3 Å². The van der Waals surface area contributed by atoms with Crippen molar-refractivity contribution in [2.45, 2.75) is 0 Å². The summed E-state index contributed by atoms with van der Waals surface area (Å²) in [6.45, 7) is 0. The molecule has 3 rings (SSSR count). The third-order valence-corrected chi connectivity index (χ3v) is 4.58. The zero-order valence-corrected chi connectivity index (χ0v) is 12.4. The Balaban J connectivity index is 1.77. The van der Waals surface area contributed by atoms with Crippen molar-refractivity contribution in [3.8, 4) is 9.88 Å². The number of aromatic nitrogens is 2. The Morgan fingerprint density at radius 1 is 1.20 bits per heavy atom. The molecule has 20 heavy (non-hydrogen) atoms. The Bertz CT molecular complexity index is 740. The summed E-state index contributed by atoms with van der Waals surface area (Å²) in [5.41, 5.74) is 0.491. The first-order valence-corrected chi connectivity index (χ1v) is 7.74. The maximum Gasteiger partial charge on any atom is 0.257 e. The minimum Gasteiger partial charge on any atom is -0.296 e. The highest BCUT2D eigenvalue weighted by atomic mass is 35.5. The first-order valence-electron chi connectivity index (χ1n) is 5.67. The highest BCUT2D eigenvalue weighted by Gasteiger charge is 2.11. The maximum absolute atomic E-state index is 12.0. The molecule has 7 heteroatoms. The Hall–Kier alpha value is -1.76. The van der Waals surface area contributed by atoms with Crippen molar-refractivity contribution in [3.63, 3.8) is 0 Å². The Kier molecular flexibility index (Phi) is 3.77. The lowest BCUT2D eigenvalue weighted by Crippen LogP contribution is -2.11. The van der Waals surface area contributed by atoms with Crippen LogP contribution in [-0.2, 0) is 0 Å². The van der Waals surface area contributed by atoms with Crippen molar-refractivity contribution in [3.05, 3.63) is 52.4 Å². The molecule has 100 valence electrons. The molecule has 2 heterocycles. The predicted molar refractivity (Wildman–Crippen MR) is 82.6 cm³/mol. The fraction of sp³-hybridized carbons (Fsp3) is 0. The van der Waals surface area contributed by atoms with E-state index < -0.39 is 0 Å². The topological polar surface area (TPSA) is 54.9 Å². The van der Waals surface area contributed by atoms with Crippen LogP contribution in [0.1, 0.15) is 10.4 Å². The summed E-state index contributed by atoms with van der Waals surface area (Å²) in [5, 5.41) is 14.5. The van der Waals surface area contributed by atoms with Gasteiger partial charge in [0.25, 0.3) is 5.91 Å². The standard InChI is InChI=1S/C13H8ClN3OS2/c14-9-4-1-3-8(7-9)11(18)15-13-17-16-12(20-13)10-5-2-6-19-10/h1-7H,(H,15,17,18). The zero-order valence-electron chi connectivity index (χ0n) is 10.0. The van der Waals surface area contributed by atoms with Gasteiger partial charge >= 0.3 is 0 Å². The van der Waals surface area contributed by atoms with Gasteiger partial charge in [0.2, 0.25) is 5.13 Å². The number of amides is 1. The van der Waals surface area contributed by atoms with Gasteiger partial charge in [-0.2, -0.15) is 0 Å². The highest BCUT2D eigenvalue weighted by Crippen LogP contribution is 2.29. The summed E-state index contributed by atoms with van der Waals surface area (Å²) < 4.78 is 0. The van der Waals surface area contributed by atoms with Gasteiger partial charge in [-0.25, -0.2) is 0 Å². The van der Waals surface area contributed by atoms with Crippen LogP contribution < -0.4 is 5.32 Å². The van der Waals surface area contributed by atoms with E-state index in [0.29, 0.717) is 15.7 Å². The number of anilines is 1. The smallest absolute Gasteiger partial charge is 0.257 e. The number of rotatable bonds is 3. The molecule has 0 aliphatic carbocycles. The van der Waals surface area contributed by atoms with Crippen molar-refractivity contribution < 1.29 is 4.79 Å². The second-order valence-corrected chi connectivity index (χ2v) is 6.22. The summed E-state index contributed by atoms with van der Waals surface area (Å²) >= 11 is 8.78. The normalized spacial score (nSPS) is 10.4. The zero-order chi connectivity index (χ0) is 13.9. The van der Waals surface area contributed by atoms with Crippen LogP contribution >= 0.6 is 34.3 Å². The number of halogens is 1. The number of carbonyl (C=O) groups is 1. The van der Waals surface area contributed by atoms with Gasteiger partial charge in [-0.1, -0.05) is 35.1 Å². The fourth-order valence-corrected chi connectivity index (χ4v) is 3.29. The Morgan fingerprint density at radius 3 is 2.85 bits per heavy atom. The van der Waals surface area contributed by atoms with E-state index in [1.54, 1.807) is 35.6 Å². The van der Waals surface area contributed by atoms with Gasteiger partial charge < -0.3 is 0 Å². The number of thiophene rings is 1. The number of carbonyl (C=O) groups excluding carboxylic acids is 1. The van der Waals surface area contributed by atoms with Crippen LogP contribution in [0.25, 0.3) is 9.88 Å². The minimum absolute atomic E-state index is 0.249. The van der Waals surface area contributed by atoms with Gasteiger partial charge in [0.15, 0.2) is 5.01 Å². The summed E-state index contributed by atoms with van der Waals surface area (Å²) in [5.74, 6) is -0.249.